The molecule has 2 atom stereocenters. The molecular formula is C17H23FN2O. The number of piperidine rings is 1. The maximum Gasteiger partial charge on any atom is 0.244 e. The molecule has 3 rings (SSSR count). The standard InChI is InChI=1S/C17H23FN2O/c1-12(11-13-8-9-13)19-15-6-4-10-20(17(15)21)16-7-3-2-5-14(16)18/h2-3,5,7,12-13,15,19H,4,6,8-11H2,1H3/t12-,15+/m1/s1. The van der Waals surface area contributed by atoms with Crippen molar-refractivity contribution in [2.75, 3.05) is 11.4 Å². The van der Waals surface area contributed by atoms with Gasteiger partial charge in [0.05, 0.1) is 11.7 Å². The summed E-state index contributed by atoms with van der Waals surface area (Å²) in [6, 6.07) is 6.71. The fraction of sp³-hybridized carbons (Fsp3) is 0.588. The first-order valence-corrected chi connectivity index (χ1v) is 7.97. The molecule has 2 aliphatic rings. The van der Waals surface area contributed by atoms with E-state index in [9.17, 15) is 9.18 Å². The minimum absolute atomic E-state index is 0.00833. The Morgan fingerprint density at radius 3 is 2.81 bits per heavy atom. The van der Waals surface area contributed by atoms with Gasteiger partial charge in [-0.1, -0.05) is 25.0 Å². The molecule has 1 amide bonds. The van der Waals surface area contributed by atoms with E-state index >= 15 is 0 Å². The van der Waals surface area contributed by atoms with Crippen molar-refractivity contribution in [2.24, 2.45) is 5.92 Å². The summed E-state index contributed by atoms with van der Waals surface area (Å²) in [5.41, 5.74) is 0.406. The summed E-state index contributed by atoms with van der Waals surface area (Å²) in [6.07, 6.45) is 5.55. The lowest BCUT2D eigenvalue weighted by Crippen LogP contribution is -2.53. The number of nitrogens with one attached hydrogen (secondary N) is 1. The molecule has 0 bridgehead atoms. The van der Waals surface area contributed by atoms with Crippen LogP contribution < -0.4 is 10.2 Å². The van der Waals surface area contributed by atoms with Crippen molar-refractivity contribution in [1.29, 1.82) is 0 Å². The van der Waals surface area contributed by atoms with Crippen LogP contribution in [0.2, 0.25) is 0 Å². The average molecular weight is 290 g/mol. The molecular weight excluding hydrogens is 267 g/mol. The number of benzene rings is 1. The van der Waals surface area contributed by atoms with Crippen LogP contribution in [0.3, 0.4) is 0 Å². The molecule has 114 valence electrons. The van der Waals surface area contributed by atoms with Crippen molar-refractivity contribution >= 4 is 11.6 Å². The first-order chi connectivity index (χ1) is 10.1. The van der Waals surface area contributed by atoms with Crippen molar-refractivity contribution in [3.8, 4) is 0 Å². The van der Waals surface area contributed by atoms with Crippen LogP contribution in [-0.4, -0.2) is 24.5 Å². The summed E-state index contributed by atoms with van der Waals surface area (Å²) in [5, 5.41) is 3.45. The quantitative estimate of drug-likeness (QED) is 0.903. The number of carbonyl (C=O) groups is 1. The van der Waals surface area contributed by atoms with Crippen LogP contribution in [0.5, 0.6) is 0 Å². The van der Waals surface area contributed by atoms with Gasteiger partial charge in [-0.25, -0.2) is 4.39 Å². The maximum atomic E-state index is 13.9. The zero-order valence-corrected chi connectivity index (χ0v) is 12.5. The lowest BCUT2D eigenvalue weighted by molar-refractivity contribution is -0.122. The van der Waals surface area contributed by atoms with Crippen molar-refractivity contribution in [3.63, 3.8) is 0 Å². The fourth-order valence-corrected chi connectivity index (χ4v) is 3.20. The van der Waals surface area contributed by atoms with Crippen LogP contribution in [0.25, 0.3) is 0 Å². The van der Waals surface area contributed by atoms with Gasteiger partial charge in [-0.2, -0.15) is 0 Å². The Balaban J connectivity index is 1.66. The Hall–Kier alpha value is -1.42. The monoisotopic (exact) mass is 290 g/mol. The highest BCUT2D eigenvalue weighted by Crippen LogP contribution is 2.33. The summed E-state index contributed by atoms with van der Waals surface area (Å²) < 4.78 is 13.9. The molecule has 1 aliphatic carbocycles. The van der Waals surface area contributed by atoms with Gasteiger partial charge in [0.2, 0.25) is 5.91 Å². The molecule has 1 aromatic rings. The highest BCUT2D eigenvalue weighted by atomic mass is 19.1. The average Bonchev–Trinajstić information content (AvgIpc) is 3.26. The van der Waals surface area contributed by atoms with Crippen LogP contribution >= 0.6 is 0 Å². The molecule has 0 radical (unpaired) electrons. The van der Waals surface area contributed by atoms with E-state index in [1.165, 1.54) is 18.9 Å². The SMILES string of the molecule is C[C@H](CC1CC1)N[C@H]1CCCN(c2ccccc2F)C1=O. The number of amides is 1. The Bertz CT molecular complexity index is 515. The Morgan fingerprint density at radius 2 is 2.10 bits per heavy atom. The van der Waals surface area contributed by atoms with Crippen LogP contribution in [-0.2, 0) is 4.79 Å². The molecule has 1 saturated heterocycles. The lowest BCUT2D eigenvalue weighted by atomic mass is 10.0. The number of halogens is 1. The van der Waals surface area contributed by atoms with Crippen LogP contribution in [0, 0.1) is 11.7 Å². The van der Waals surface area contributed by atoms with E-state index in [1.807, 2.05) is 0 Å². The van der Waals surface area contributed by atoms with Gasteiger partial charge in [-0.15, -0.1) is 0 Å². The summed E-state index contributed by atoms with van der Waals surface area (Å²) in [4.78, 5) is 14.2. The number of para-hydroxylation sites is 1. The molecule has 0 spiro atoms. The highest BCUT2D eigenvalue weighted by molar-refractivity contribution is 5.98. The maximum absolute atomic E-state index is 13.9. The highest BCUT2D eigenvalue weighted by Gasteiger charge is 2.32. The molecule has 4 heteroatoms. The molecule has 2 fully saturated rings. The minimum Gasteiger partial charge on any atom is -0.308 e. The molecule has 1 saturated carbocycles. The van der Waals surface area contributed by atoms with Crippen molar-refractivity contribution < 1.29 is 9.18 Å². The molecule has 0 aromatic heterocycles. The summed E-state index contributed by atoms with van der Waals surface area (Å²) in [6.45, 7) is 2.75. The van der Waals surface area contributed by atoms with Gasteiger partial charge in [0.15, 0.2) is 0 Å². The smallest absolute Gasteiger partial charge is 0.244 e. The first-order valence-electron chi connectivity index (χ1n) is 7.97. The molecule has 0 unspecified atom stereocenters. The second kappa shape index (κ2) is 6.14. The van der Waals surface area contributed by atoms with Gasteiger partial charge >= 0.3 is 0 Å². The second-order valence-corrected chi connectivity index (χ2v) is 6.38. The molecule has 21 heavy (non-hydrogen) atoms. The zero-order chi connectivity index (χ0) is 14.8. The fourth-order valence-electron chi connectivity index (χ4n) is 3.20. The molecule has 1 aromatic carbocycles. The number of rotatable bonds is 5. The minimum atomic E-state index is -0.322. The molecule has 1 heterocycles. The number of hydrogen-bond donors (Lipinski definition) is 1. The Kier molecular flexibility index (Phi) is 4.24. The van der Waals surface area contributed by atoms with Gasteiger partial charge in [-0.05, 0) is 44.2 Å². The zero-order valence-electron chi connectivity index (χ0n) is 12.5. The van der Waals surface area contributed by atoms with Crippen LogP contribution in [0.15, 0.2) is 24.3 Å². The van der Waals surface area contributed by atoms with E-state index in [0.29, 0.717) is 18.3 Å². The number of nitrogens with zero attached hydrogens (tertiary/aromatic N) is 1. The molecule has 1 N–H and O–H groups in total. The van der Waals surface area contributed by atoms with Gasteiger partial charge in [0, 0.05) is 12.6 Å². The number of carbonyl (C=O) groups excluding carboxylic acids is 1. The first kappa shape index (κ1) is 14.5. The number of hydrogen-bond acceptors (Lipinski definition) is 2. The molecule has 1 aliphatic heterocycles. The van der Waals surface area contributed by atoms with Crippen molar-refractivity contribution in [3.05, 3.63) is 30.1 Å². The van der Waals surface area contributed by atoms with E-state index in [2.05, 4.69) is 12.2 Å². The second-order valence-electron chi connectivity index (χ2n) is 6.38. The summed E-state index contributed by atoms with van der Waals surface area (Å²) in [5.74, 6) is 0.528. The third-order valence-corrected chi connectivity index (χ3v) is 4.45. The predicted octanol–water partition coefficient (Wildman–Crippen LogP) is 3.10. The Morgan fingerprint density at radius 1 is 1.33 bits per heavy atom. The van der Waals surface area contributed by atoms with Crippen molar-refractivity contribution in [2.45, 2.75) is 51.1 Å². The van der Waals surface area contributed by atoms with Gasteiger partial charge in [-0.3, -0.25) is 4.79 Å². The predicted molar refractivity (Wildman–Crippen MR) is 81.7 cm³/mol. The normalized spacial score (nSPS) is 24.2. The van der Waals surface area contributed by atoms with Gasteiger partial charge in [0.25, 0.3) is 0 Å². The van der Waals surface area contributed by atoms with Gasteiger partial charge in [0.1, 0.15) is 5.82 Å². The van der Waals surface area contributed by atoms with Crippen LogP contribution in [0.1, 0.15) is 39.0 Å². The third kappa shape index (κ3) is 3.43. The van der Waals surface area contributed by atoms with Crippen molar-refractivity contribution in [1.82, 2.24) is 5.32 Å². The van der Waals surface area contributed by atoms with E-state index in [-0.39, 0.29) is 17.8 Å². The van der Waals surface area contributed by atoms with Gasteiger partial charge < -0.3 is 10.2 Å². The number of anilines is 1. The van der Waals surface area contributed by atoms with E-state index in [1.54, 1.807) is 23.1 Å². The summed E-state index contributed by atoms with van der Waals surface area (Å²) in [7, 11) is 0. The summed E-state index contributed by atoms with van der Waals surface area (Å²) >= 11 is 0. The lowest BCUT2D eigenvalue weighted by Gasteiger charge is -2.34. The largest absolute Gasteiger partial charge is 0.308 e. The Labute approximate surface area is 125 Å². The third-order valence-electron chi connectivity index (χ3n) is 4.45. The van der Waals surface area contributed by atoms with Crippen LogP contribution in [0.4, 0.5) is 10.1 Å². The van der Waals surface area contributed by atoms with E-state index in [4.69, 9.17) is 0 Å². The molecule has 3 nitrogen and oxygen atoms in total. The van der Waals surface area contributed by atoms with E-state index < -0.39 is 0 Å². The topological polar surface area (TPSA) is 32.3 Å². The van der Waals surface area contributed by atoms with E-state index in [0.717, 1.165) is 25.2 Å².